The van der Waals surface area contributed by atoms with E-state index in [1.165, 1.54) is 0 Å². The van der Waals surface area contributed by atoms with E-state index in [-0.39, 0.29) is 5.91 Å². The van der Waals surface area contributed by atoms with Crippen molar-refractivity contribution in [3.05, 3.63) is 11.3 Å². The Kier molecular flexibility index (Phi) is 4.62. The lowest BCUT2D eigenvalue weighted by Gasteiger charge is -2.01. The number of carbonyl (C=O) groups is 1. The Hall–Kier alpha value is -1.03. The minimum atomic E-state index is -0.0561. The second-order valence-corrected chi connectivity index (χ2v) is 3.79. The summed E-state index contributed by atoms with van der Waals surface area (Å²) in [6.45, 7) is 3.70. The third-order valence-electron chi connectivity index (χ3n) is 2.20. The second-order valence-electron chi connectivity index (χ2n) is 3.42. The highest BCUT2D eigenvalue weighted by molar-refractivity contribution is 6.17. The maximum absolute atomic E-state index is 11.4. The average molecular weight is 231 g/mol. The molecule has 0 saturated carbocycles. The molecule has 0 fully saturated rings. The van der Waals surface area contributed by atoms with Crippen LogP contribution in [0.4, 0.5) is 5.88 Å². The van der Waals surface area contributed by atoms with Gasteiger partial charge in [-0.1, -0.05) is 5.16 Å². The van der Waals surface area contributed by atoms with Gasteiger partial charge in [-0.15, -0.1) is 11.6 Å². The molecule has 1 aromatic heterocycles. The number of nitrogens with zero attached hydrogens (tertiary/aromatic N) is 1. The third kappa shape index (κ3) is 3.55. The molecular weight excluding hydrogens is 216 g/mol. The zero-order valence-corrected chi connectivity index (χ0v) is 9.73. The van der Waals surface area contributed by atoms with Gasteiger partial charge in [0.1, 0.15) is 0 Å². The van der Waals surface area contributed by atoms with Crippen molar-refractivity contribution in [3.63, 3.8) is 0 Å². The van der Waals surface area contributed by atoms with E-state index < -0.39 is 0 Å². The topological polar surface area (TPSA) is 55.1 Å². The zero-order chi connectivity index (χ0) is 11.3. The number of unbranched alkanes of at least 4 members (excludes halogenated alkanes) is 1. The number of rotatable bonds is 5. The van der Waals surface area contributed by atoms with Crippen molar-refractivity contribution in [1.82, 2.24) is 5.16 Å². The van der Waals surface area contributed by atoms with E-state index in [0.717, 1.165) is 24.1 Å². The molecule has 5 heteroatoms. The predicted octanol–water partition coefficient (Wildman–Crippen LogP) is 2.64. The van der Waals surface area contributed by atoms with Gasteiger partial charge in [0.2, 0.25) is 11.8 Å². The highest BCUT2D eigenvalue weighted by Gasteiger charge is 2.10. The smallest absolute Gasteiger partial charge is 0.234 e. The van der Waals surface area contributed by atoms with Crippen molar-refractivity contribution in [2.24, 2.45) is 0 Å². The SMILES string of the molecule is Cc1noc(NC(=O)CCCCCl)c1C. The molecule has 0 spiro atoms. The molecular formula is C10H15ClN2O2. The Bertz CT molecular complexity index is 336. The third-order valence-corrected chi connectivity index (χ3v) is 2.46. The highest BCUT2D eigenvalue weighted by atomic mass is 35.5. The van der Waals surface area contributed by atoms with Crippen LogP contribution < -0.4 is 5.32 Å². The average Bonchev–Trinajstić information content (AvgIpc) is 2.50. The van der Waals surface area contributed by atoms with Crippen LogP contribution in [0.25, 0.3) is 0 Å². The number of carbonyl (C=O) groups excluding carboxylic acids is 1. The summed E-state index contributed by atoms with van der Waals surface area (Å²) < 4.78 is 4.96. The molecule has 1 N–H and O–H groups in total. The molecule has 0 bridgehead atoms. The van der Waals surface area contributed by atoms with Gasteiger partial charge in [0, 0.05) is 17.9 Å². The van der Waals surface area contributed by atoms with Gasteiger partial charge < -0.3 is 4.52 Å². The molecule has 0 aliphatic heterocycles. The molecule has 0 unspecified atom stereocenters. The van der Waals surface area contributed by atoms with Gasteiger partial charge in [0.25, 0.3) is 0 Å². The summed E-state index contributed by atoms with van der Waals surface area (Å²) in [4.78, 5) is 11.4. The summed E-state index contributed by atoms with van der Waals surface area (Å²) in [5.41, 5.74) is 1.67. The van der Waals surface area contributed by atoms with Crippen LogP contribution in [-0.4, -0.2) is 16.9 Å². The molecule has 84 valence electrons. The van der Waals surface area contributed by atoms with Gasteiger partial charge in [0.05, 0.1) is 5.69 Å². The number of anilines is 1. The summed E-state index contributed by atoms with van der Waals surface area (Å²) >= 11 is 5.51. The monoisotopic (exact) mass is 230 g/mol. The van der Waals surface area contributed by atoms with E-state index in [9.17, 15) is 4.79 Å². The quantitative estimate of drug-likeness (QED) is 0.625. The molecule has 15 heavy (non-hydrogen) atoms. The van der Waals surface area contributed by atoms with Crippen LogP contribution in [0.1, 0.15) is 30.5 Å². The minimum absolute atomic E-state index is 0.0561. The van der Waals surface area contributed by atoms with Crippen LogP contribution in [0.5, 0.6) is 0 Å². The lowest BCUT2D eigenvalue weighted by molar-refractivity contribution is -0.116. The molecule has 0 aliphatic rings. The summed E-state index contributed by atoms with van der Waals surface area (Å²) in [5, 5.41) is 6.43. The standard InChI is InChI=1S/C10H15ClN2O2/c1-7-8(2)13-15-10(7)12-9(14)5-3-4-6-11/h3-6H2,1-2H3,(H,12,14). The van der Waals surface area contributed by atoms with Crippen LogP contribution >= 0.6 is 11.6 Å². The number of aryl methyl sites for hydroxylation is 1. The lowest BCUT2D eigenvalue weighted by atomic mass is 10.2. The largest absolute Gasteiger partial charge is 0.338 e. The van der Waals surface area contributed by atoms with Crippen molar-refractivity contribution >= 4 is 23.4 Å². The normalized spacial score (nSPS) is 10.3. The first kappa shape index (κ1) is 12.0. The van der Waals surface area contributed by atoms with E-state index in [2.05, 4.69) is 10.5 Å². The Morgan fingerprint density at radius 2 is 2.20 bits per heavy atom. The molecule has 1 amide bonds. The molecule has 1 rings (SSSR count). The summed E-state index contributed by atoms with van der Waals surface area (Å²) in [5.74, 6) is 0.982. The van der Waals surface area contributed by atoms with Crippen LogP contribution in [0.15, 0.2) is 4.52 Å². The zero-order valence-electron chi connectivity index (χ0n) is 8.97. The second kappa shape index (κ2) is 5.75. The fourth-order valence-electron chi connectivity index (χ4n) is 1.10. The summed E-state index contributed by atoms with van der Waals surface area (Å²) in [6, 6.07) is 0. The first-order valence-electron chi connectivity index (χ1n) is 4.94. The summed E-state index contributed by atoms with van der Waals surface area (Å²) in [7, 11) is 0. The Balaban J connectivity index is 2.41. The Morgan fingerprint density at radius 3 is 2.73 bits per heavy atom. The van der Waals surface area contributed by atoms with E-state index in [4.69, 9.17) is 16.1 Å². The lowest BCUT2D eigenvalue weighted by Crippen LogP contribution is -2.11. The van der Waals surface area contributed by atoms with Crippen LogP contribution in [0.3, 0.4) is 0 Å². The number of aromatic nitrogens is 1. The van der Waals surface area contributed by atoms with Gasteiger partial charge in [0.15, 0.2) is 0 Å². The first-order valence-corrected chi connectivity index (χ1v) is 5.47. The summed E-state index contributed by atoms with van der Waals surface area (Å²) in [6.07, 6.45) is 2.11. The van der Waals surface area contributed by atoms with Gasteiger partial charge in [-0.05, 0) is 26.7 Å². The van der Waals surface area contributed by atoms with Crippen molar-refractivity contribution in [2.75, 3.05) is 11.2 Å². The number of hydrogen-bond acceptors (Lipinski definition) is 3. The molecule has 4 nitrogen and oxygen atoms in total. The Morgan fingerprint density at radius 1 is 1.47 bits per heavy atom. The molecule has 0 saturated heterocycles. The number of nitrogens with one attached hydrogen (secondary N) is 1. The molecule has 0 aliphatic carbocycles. The van der Waals surface area contributed by atoms with Gasteiger partial charge in [-0.2, -0.15) is 0 Å². The number of halogens is 1. The van der Waals surface area contributed by atoms with Gasteiger partial charge >= 0.3 is 0 Å². The highest BCUT2D eigenvalue weighted by Crippen LogP contribution is 2.17. The first-order chi connectivity index (χ1) is 7.15. The molecule has 0 aromatic carbocycles. The van der Waals surface area contributed by atoms with Crippen molar-refractivity contribution < 1.29 is 9.32 Å². The molecule has 0 atom stereocenters. The van der Waals surface area contributed by atoms with Gasteiger partial charge in [-0.25, -0.2) is 0 Å². The van der Waals surface area contributed by atoms with Crippen molar-refractivity contribution in [3.8, 4) is 0 Å². The van der Waals surface area contributed by atoms with Crippen LogP contribution in [0, 0.1) is 13.8 Å². The fraction of sp³-hybridized carbons (Fsp3) is 0.600. The molecule has 0 radical (unpaired) electrons. The van der Waals surface area contributed by atoms with E-state index in [1.54, 1.807) is 0 Å². The maximum Gasteiger partial charge on any atom is 0.234 e. The van der Waals surface area contributed by atoms with E-state index >= 15 is 0 Å². The van der Waals surface area contributed by atoms with E-state index in [1.807, 2.05) is 13.8 Å². The number of alkyl halides is 1. The number of amides is 1. The maximum atomic E-state index is 11.4. The van der Waals surface area contributed by atoms with E-state index in [0.29, 0.717) is 18.2 Å². The molecule has 1 heterocycles. The molecule has 1 aromatic rings. The van der Waals surface area contributed by atoms with Crippen LogP contribution in [0.2, 0.25) is 0 Å². The fourth-order valence-corrected chi connectivity index (χ4v) is 1.29. The van der Waals surface area contributed by atoms with Gasteiger partial charge in [-0.3, -0.25) is 10.1 Å². The Labute approximate surface area is 94.0 Å². The minimum Gasteiger partial charge on any atom is -0.338 e. The number of hydrogen-bond donors (Lipinski definition) is 1. The van der Waals surface area contributed by atoms with Crippen molar-refractivity contribution in [2.45, 2.75) is 33.1 Å². The van der Waals surface area contributed by atoms with Crippen molar-refractivity contribution in [1.29, 1.82) is 0 Å². The van der Waals surface area contributed by atoms with Crippen LogP contribution in [-0.2, 0) is 4.79 Å². The predicted molar refractivity (Wildman–Crippen MR) is 59.2 cm³/mol.